The maximum Gasteiger partial charge on any atom is 0.121 e. The molecule has 0 fully saturated rings. The molecule has 1 aliphatic carbocycles. The van der Waals surface area contributed by atoms with E-state index in [2.05, 4.69) is 0 Å². The summed E-state index contributed by atoms with van der Waals surface area (Å²) >= 11 is 0. The van der Waals surface area contributed by atoms with Crippen LogP contribution in [-0.2, 0) is 0 Å². The highest BCUT2D eigenvalue weighted by Crippen LogP contribution is 2.18. The first-order chi connectivity index (χ1) is 4.80. The summed E-state index contributed by atoms with van der Waals surface area (Å²) in [6.07, 6.45) is 5.29. The predicted molar refractivity (Wildman–Crippen MR) is 43.5 cm³/mol. The molecule has 0 spiro atoms. The molecule has 0 nitrogen and oxygen atoms in total. The lowest BCUT2D eigenvalue weighted by Gasteiger charge is -2.02. The van der Waals surface area contributed by atoms with Gasteiger partial charge in [-0.15, -0.1) is 0 Å². The Morgan fingerprint density at radius 3 is 2.30 bits per heavy atom. The smallest absolute Gasteiger partial charge is 0.121 e. The average molecular weight is 142 g/mol. The highest BCUT2D eigenvalue weighted by atomic mass is 19.1. The third-order valence-electron chi connectivity index (χ3n) is 1.36. The maximum absolute atomic E-state index is 12.4. The van der Waals surface area contributed by atoms with Crippen molar-refractivity contribution in [3.8, 4) is 0 Å². The minimum atomic E-state index is -0.0451. The standard InChI is InChI=1S/C7H9F.C2H6/c1-6-4-2-3-5-7(6)8;1-2/h3,5H,2,4H2,1H3;1-2H3. The third-order valence-corrected chi connectivity index (χ3v) is 1.36. The Bertz CT molecular complexity index is 143. The molecule has 0 aromatic carbocycles. The summed E-state index contributed by atoms with van der Waals surface area (Å²) < 4.78 is 12.4. The molecule has 0 aromatic heterocycles. The minimum Gasteiger partial charge on any atom is -0.207 e. The first kappa shape index (κ1) is 9.41. The summed E-state index contributed by atoms with van der Waals surface area (Å²) in [5, 5.41) is 0. The lowest BCUT2D eigenvalue weighted by molar-refractivity contribution is 0.636. The Labute approximate surface area is 62.4 Å². The summed E-state index contributed by atoms with van der Waals surface area (Å²) in [6, 6.07) is 0. The molecular weight excluding hydrogens is 127 g/mol. The van der Waals surface area contributed by atoms with Crippen molar-refractivity contribution in [2.45, 2.75) is 33.6 Å². The van der Waals surface area contributed by atoms with Gasteiger partial charge >= 0.3 is 0 Å². The van der Waals surface area contributed by atoms with E-state index in [1.54, 1.807) is 6.08 Å². The second-order valence-corrected chi connectivity index (χ2v) is 2.07. The molecule has 0 bridgehead atoms. The molecule has 0 aromatic rings. The molecule has 1 aliphatic rings. The van der Waals surface area contributed by atoms with Gasteiger partial charge in [0.1, 0.15) is 5.83 Å². The van der Waals surface area contributed by atoms with Crippen molar-refractivity contribution in [1.82, 2.24) is 0 Å². The number of rotatable bonds is 0. The van der Waals surface area contributed by atoms with Gasteiger partial charge in [-0.25, -0.2) is 4.39 Å². The largest absolute Gasteiger partial charge is 0.207 e. The highest BCUT2D eigenvalue weighted by molar-refractivity contribution is 5.21. The monoisotopic (exact) mass is 142 g/mol. The van der Waals surface area contributed by atoms with E-state index in [0.29, 0.717) is 0 Å². The van der Waals surface area contributed by atoms with Gasteiger partial charge in [-0.2, -0.15) is 0 Å². The van der Waals surface area contributed by atoms with Gasteiger partial charge in [0.05, 0.1) is 0 Å². The van der Waals surface area contributed by atoms with Gasteiger partial charge in [-0.3, -0.25) is 0 Å². The van der Waals surface area contributed by atoms with Crippen LogP contribution in [0.5, 0.6) is 0 Å². The molecule has 10 heavy (non-hydrogen) atoms. The molecule has 1 rings (SSSR count). The van der Waals surface area contributed by atoms with Crippen LogP contribution in [0.1, 0.15) is 33.6 Å². The van der Waals surface area contributed by atoms with Gasteiger partial charge in [-0.1, -0.05) is 19.9 Å². The zero-order valence-corrected chi connectivity index (χ0v) is 6.95. The van der Waals surface area contributed by atoms with E-state index in [0.717, 1.165) is 18.4 Å². The second-order valence-electron chi connectivity index (χ2n) is 2.07. The molecule has 1 heteroatoms. The van der Waals surface area contributed by atoms with Crippen LogP contribution in [0.3, 0.4) is 0 Å². The summed E-state index contributed by atoms with van der Waals surface area (Å²) in [6.45, 7) is 5.83. The fraction of sp³-hybridized carbons (Fsp3) is 0.556. The van der Waals surface area contributed by atoms with Crippen LogP contribution in [0, 0.1) is 0 Å². The lowest BCUT2D eigenvalue weighted by Crippen LogP contribution is -1.84. The molecule has 0 heterocycles. The van der Waals surface area contributed by atoms with Crippen molar-refractivity contribution in [2.75, 3.05) is 0 Å². The van der Waals surface area contributed by atoms with Crippen LogP contribution in [-0.4, -0.2) is 0 Å². The SMILES string of the molecule is CC.CC1=C(F)C=CCC1. The number of halogens is 1. The Kier molecular flexibility index (Phi) is 4.91. The first-order valence-corrected chi connectivity index (χ1v) is 3.82. The summed E-state index contributed by atoms with van der Waals surface area (Å²) in [5.41, 5.74) is 0.882. The van der Waals surface area contributed by atoms with E-state index in [9.17, 15) is 4.39 Å². The van der Waals surface area contributed by atoms with Crippen LogP contribution >= 0.6 is 0 Å². The quantitative estimate of drug-likeness (QED) is 0.484. The number of allylic oxidation sites excluding steroid dienone is 4. The molecular formula is C9H15F. The number of hydrogen-bond acceptors (Lipinski definition) is 0. The zero-order chi connectivity index (χ0) is 7.98. The Balaban J connectivity index is 0.000000371. The van der Waals surface area contributed by atoms with Gasteiger partial charge in [0.2, 0.25) is 0 Å². The van der Waals surface area contributed by atoms with Crippen LogP contribution in [0.25, 0.3) is 0 Å². The Morgan fingerprint density at radius 1 is 1.40 bits per heavy atom. The zero-order valence-electron chi connectivity index (χ0n) is 6.95. The maximum atomic E-state index is 12.4. The van der Waals surface area contributed by atoms with Crippen molar-refractivity contribution >= 4 is 0 Å². The Hall–Kier alpha value is -0.590. The molecule has 0 saturated heterocycles. The van der Waals surface area contributed by atoms with E-state index in [-0.39, 0.29) is 5.83 Å². The predicted octanol–water partition coefficient (Wildman–Crippen LogP) is 3.61. The number of hydrogen-bond donors (Lipinski definition) is 0. The van der Waals surface area contributed by atoms with E-state index >= 15 is 0 Å². The van der Waals surface area contributed by atoms with E-state index in [4.69, 9.17) is 0 Å². The van der Waals surface area contributed by atoms with Crippen molar-refractivity contribution in [3.63, 3.8) is 0 Å². The van der Waals surface area contributed by atoms with Crippen LogP contribution in [0.4, 0.5) is 4.39 Å². The van der Waals surface area contributed by atoms with Crippen molar-refractivity contribution in [1.29, 1.82) is 0 Å². The molecule has 58 valence electrons. The molecule has 0 saturated carbocycles. The molecule has 0 N–H and O–H groups in total. The molecule has 0 amide bonds. The topological polar surface area (TPSA) is 0 Å². The highest BCUT2D eigenvalue weighted by Gasteiger charge is 2.00. The van der Waals surface area contributed by atoms with Crippen molar-refractivity contribution < 1.29 is 4.39 Å². The molecule has 0 aliphatic heterocycles. The fourth-order valence-electron chi connectivity index (χ4n) is 0.748. The van der Waals surface area contributed by atoms with Gasteiger partial charge in [0.15, 0.2) is 0 Å². The van der Waals surface area contributed by atoms with Gasteiger partial charge in [0, 0.05) is 0 Å². The van der Waals surface area contributed by atoms with Gasteiger partial charge < -0.3 is 0 Å². The van der Waals surface area contributed by atoms with Crippen LogP contribution in [0.2, 0.25) is 0 Å². The average Bonchev–Trinajstić information content (AvgIpc) is 2.00. The van der Waals surface area contributed by atoms with Crippen molar-refractivity contribution in [3.05, 3.63) is 23.6 Å². The van der Waals surface area contributed by atoms with Gasteiger partial charge in [-0.05, 0) is 31.4 Å². The minimum absolute atomic E-state index is 0.0451. The third kappa shape index (κ3) is 2.81. The van der Waals surface area contributed by atoms with Gasteiger partial charge in [0.25, 0.3) is 0 Å². The van der Waals surface area contributed by atoms with E-state index in [1.807, 2.05) is 26.8 Å². The summed E-state index contributed by atoms with van der Waals surface area (Å²) in [7, 11) is 0. The van der Waals surface area contributed by atoms with Crippen LogP contribution in [0.15, 0.2) is 23.6 Å². The lowest BCUT2D eigenvalue weighted by atomic mass is 10.1. The van der Waals surface area contributed by atoms with E-state index < -0.39 is 0 Å². The van der Waals surface area contributed by atoms with Crippen LogP contribution < -0.4 is 0 Å². The van der Waals surface area contributed by atoms with Crippen molar-refractivity contribution in [2.24, 2.45) is 0 Å². The summed E-state index contributed by atoms with van der Waals surface area (Å²) in [4.78, 5) is 0. The first-order valence-electron chi connectivity index (χ1n) is 3.82. The normalized spacial score (nSPS) is 16.4. The second kappa shape index (κ2) is 5.21. The Morgan fingerprint density at radius 2 is 2.00 bits per heavy atom. The summed E-state index contributed by atoms with van der Waals surface area (Å²) in [5.74, 6) is -0.0451. The molecule has 0 radical (unpaired) electrons. The molecule has 0 unspecified atom stereocenters. The van der Waals surface area contributed by atoms with E-state index in [1.165, 1.54) is 0 Å². The molecule has 0 atom stereocenters. The fourth-order valence-corrected chi connectivity index (χ4v) is 0.748.